The van der Waals surface area contributed by atoms with Crippen LogP contribution in [0.1, 0.15) is 28.8 Å². The van der Waals surface area contributed by atoms with E-state index in [1.54, 1.807) is 4.90 Å². The summed E-state index contributed by atoms with van der Waals surface area (Å²) in [6.45, 7) is 2.96. The fraction of sp³-hybridized carbons (Fsp3) is 0.179. The first-order chi connectivity index (χ1) is 17.6. The van der Waals surface area contributed by atoms with Crippen molar-refractivity contribution in [3.05, 3.63) is 113 Å². The van der Waals surface area contributed by atoms with Gasteiger partial charge in [0.25, 0.3) is 0 Å². The van der Waals surface area contributed by atoms with Gasteiger partial charge < -0.3 is 15.0 Å². The Labute approximate surface area is 214 Å². The normalized spacial score (nSPS) is 16.8. The van der Waals surface area contributed by atoms with E-state index in [1.165, 1.54) is 0 Å². The van der Waals surface area contributed by atoms with E-state index >= 15 is 0 Å². The molecule has 0 spiro atoms. The van der Waals surface area contributed by atoms with Crippen LogP contribution in [0.4, 0.5) is 4.79 Å². The second-order valence-corrected chi connectivity index (χ2v) is 9.37. The fourth-order valence-electron chi connectivity index (χ4n) is 4.69. The average molecular weight is 498 g/mol. The molecule has 180 valence electrons. The van der Waals surface area contributed by atoms with Crippen molar-refractivity contribution in [3.8, 4) is 11.4 Å². The standard InChI is InChI=1S/C28H24ClN5O2/c1-18-31-32-27-25(30-28(35)33-16-22(17-33)36-21-7-3-2-4-8-21)15-24(19-11-13-20(29)14-12-19)23-9-5-6-10-26(23)34(18)27/h2-15,22,25H,16-17H2,1H3,(H,30,35)/t25-/m1/s1. The number of carbonyl (C=O) groups is 1. The topological polar surface area (TPSA) is 72.3 Å². The Bertz CT molecular complexity index is 1440. The summed E-state index contributed by atoms with van der Waals surface area (Å²) in [5.74, 6) is 2.22. The van der Waals surface area contributed by atoms with Crippen molar-refractivity contribution < 1.29 is 9.53 Å². The summed E-state index contributed by atoms with van der Waals surface area (Å²) in [5, 5.41) is 12.6. The maximum atomic E-state index is 13.2. The van der Waals surface area contributed by atoms with Gasteiger partial charge >= 0.3 is 6.03 Å². The number of hydrogen-bond acceptors (Lipinski definition) is 4. The summed E-state index contributed by atoms with van der Waals surface area (Å²) < 4.78 is 7.97. The number of likely N-dealkylation sites (tertiary alicyclic amines) is 1. The van der Waals surface area contributed by atoms with Crippen LogP contribution in [0.2, 0.25) is 5.02 Å². The summed E-state index contributed by atoms with van der Waals surface area (Å²) in [5.41, 5.74) is 3.99. The van der Waals surface area contributed by atoms with Crippen molar-refractivity contribution in [2.24, 2.45) is 0 Å². The number of nitrogens with one attached hydrogen (secondary N) is 1. The highest BCUT2D eigenvalue weighted by Crippen LogP contribution is 2.36. The van der Waals surface area contributed by atoms with Gasteiger partial charge in [0.15, 0.2) is 5.82 Å². The van der Waals surface area contributed by atoms with Gasteiger partial charge in [-0.2, -0.15) is 0 Å². The molecule has 0 saturated carbocycles. The number of amides is 2. The van der Waals surface area contributed by atoms with E-state index in [-0.39, 0.29) is 12.1 Å². The third kappa shape index (κ3) is 4.12. The predicted octanol–water partition coefficient (Wildman–Crippen LogP) is 5.19. The van der Waals surface area contributed by atoms with Crippen LogP contribution in [0.25, 0.3) is 11.3 Å². The molecule has 1 aromatic heterocycles. The Morgan fingerprint density at radius 2 is 1.69 bits per heavy atom. The van der Waals surface area contributed by atoms with E-state index in [2.05, 4.69) is 21.6 Å². The van der Waals surface area contributed by atoms with Gasteiger partial charge in [-0.1, -0.05) is 60.1 Å². The van der Waals surface area contributed by atoms with Crippen LogP contribution in [0.15, 0.2) is 84.9 Å². The molecule has 2 aliphatic heterocycles. The Balaban J connectivity index is 1.30. The minimum absolute atomic E-state index is 0.0254. The SMILES string of the molecule is Cc1nnc2n1-c1ccccc1C(c1ccc(Cl)cc1)=C[C@H]2NC(=O)N1CC(Oc2ccccc2)C1. The molecule has 0 aliphatic carbocycles. The van der Waals surface area contributed by atoms with Crippen molar-refractivity contribution in [1.29, 1.82) is 0 Å². The summed E-state index contributed by atoms with van der Waals surface area (Å²) in [6, 6.07) is 24.9. The van der Waals surface area contributed by atoms with Gasteiger partial charge in [0.05, 0.1) is 18.8 Å². The Hall–Kier alpha value is -4.10. The Morgan fingerprint density at radius 1 is 0.972 bits per heavy atom. The first kappa shape index (κ1) is 22.4. The zero-order chi connectivity index (χ0) is 24.6. The van der Waals surface area contributed by atoms with Crippen molar-refractivity contribution >= 4 is 23.2 Å². The minimum atomic E-state index is -0.481. The third-order valence-corrected chi connectivity index (χ3v) is 6.76. The molecule has 1 saturated heterocycles. The number of nitrogens with zero attached hydrogens (tertiary/aromatic N) is 4. The van der Waals surface area contributed by atoms with E-state index in [0.29, 0.717) is 23.9 Å². The molecule has 1 atom stereocenters. The third-order valence-electron chi connectivity index (χ3n) is 6.51. The summed E-state index contributed by atoms with van der Waals surface area (Å²) in [4.78, 5) is 15.0. The lowest BCUT2D eigenvalue weighted by Crippen LogP contribution is -2.59. The molecule has 0 radical (unpaired) electrons. The van der Waals surface area contributed by atoms with Gasteiger partial charge in [0.1, 0.15) is 23.7 Å². The molecule has 4 aromatic rings. The Morgan fingerprint density at radius 3 is 2.47 bits per heavy atom. The molecule has 6 rings (SSSR count). The van der Waals surface area contributed by atoms with Gasteiger partial charge in [0.2, 0.25) is 0 Å². The fourth-order valence-corrected chi connectivity index (χ4v) is 4.81. The van der Waals surface area contributed by atoms with Crippen molar-refractivity contribution in [2.75, 3.05) is 13.1 Å². The number of halogens is 1. The van der Waals surface area contributed by atoms with Gasteiger partial charge in [0, 0.05) is 10.6 Å². The summed E-state index contributed by atoms with van der Waals surface area (Å²) in [7, 11) is 0. The summed E-state index contributed by atoms with van der Waals surface area (Å²) >= 11 is 6.16. The van der Waals surface area contributed by atoms with E-state index < -0.39 is 6.04 Å². The molecule has 8 heteroatoms. The monoisotopic (exact) mass is 497 g/mol. The largest absolute Gasteiger partial charge is 0.487 e. The number of hydrogen-bond donors (Lipinski definition) is 1. The number of aryl methyl sites for hydroxylation is 1. The molecular formula is C28H24ClN5O2. The zero-order valence-corrected chi connectivity index (χ0v) is 20.4. The highest BCUT2D eigenvalue weighted by molar-refractivity contribution is 6.30. The predicted molar refractivity (Wildman–Crippen MR) is 138 cm³/mol. The van der Waals surface area contributed by atoms with Crippen LogP contribution in [0.5, 0.6) is 5.75 Å². The number of ether oxygens (including phenoxy) is 1. The minimum Gasteiger partial charge on any atom is -0.487 e. The van der Waals surface area contributed by atoms with Crippen molar-refractivity contribution in [2.45, 2.75) is 19.1 Å². The second kappa shape index (κ2) is 9.17. The van der Waals surface area contributed by atoms with Crippen LogP contribution < -0.4 is 10.1 Å². The smallest absolute Gasteiger partial charge is 0.318 e. The van der Waals surface area contributed by atoms with Gasteiger partial charge in [-0.3, -0.25) is 4.57 Å². The lowest BCUT2D eigenvalue weighted by atomic mass is 9.95. The molecule has 3 heterocycles. The van der Waals surface area contributed by atoms with Crippen LogP contribution in [0, 0.1) is 6.92 Å². The van der Waals surface area contributed by atoms with E-state index in [1.807, 2.05) is 90.4 Å². The molecule has 1 fully saturated rings. The molecule has 7 nitrogen and oxygen atoms in total. The lowest BCUT2D eigenvalue weighted by Gasteiger charge is -2.39. The highest BCUT2D eigenvalue weighted by Gasteiger charge is 2.35. The lowest BCUT2D eigenvalue weighted by molar-refractivity contribution is 0.0438. The maximum absolute atomic E-state index is 13.2. The number of fused-ring (bicyclic) bond motifs is 3. The highest BCUT2D eigenvalue weighted by atomic mass is 35.5. The van der Waals surface area contributed by atoms with Gasteiger partial charge in [-0.05, 0) is 54.5 Å². The number of rotatable bonds is 4. The van der Waals surface area contributed by atoms with E-state index in [9.17, 15) is 4.79 Å². The number of benzene rings is 3. The first-order valence-electron chi connectivity index (χ1n) is 11.8. The molecule has 0 bridgehead atoms. The molecule has 1 N–H and O–H groups in total. The molecule has 2 amide bonds. The first-order valence-corrected chi connectivity index (χ1v) is 12.2. The Kier molecular flexibility index (Phi) is 5.70. The van der Waals surface area contributed by atoms with Crippen LogP contribution in [0.3, 0.4) is 0 Å². The molecule has 36 heavy (non-hydrogen) atoms. The number of aromatic nitrogens is 3. The number of carbonyl (C=O) groups excluding carboxylic acids is 1. The van der Waals surface area contributed by atoms with Crippen LogP contribution in [-0.4, -0.2) is 44.9 Å². The van der Waals surface area contributed by atoms with Crippen LogP contribution >= 0.6 is 11.6 Å². The quantitative estimate of drug-likeness (QED) is 0.421. The molecular weight excluding hydrogens is 474 g/mol. The van der Waals surface area contributed by atoms with Crippen LogP contribution in [-0.2, 0) is 0 Å². The average Bonchev–Trinajstić information content (AvgIpc) is 3.19. The number of urea groups is 1. The van der Waals surface area contributed by atoms with Crippen molar-refractivity contribution in [1.82, 2.24) is 25.0 Å². The maximum Gasteiger partial charge on any atom is 0.318 e. The molecule has 2 aliphatic rings. The molecule has 0 unspecified atom stereocenters. The van der Waals surface area contributed by atoms with E-state index in [0.717, 1.165) is 34.0 Å². The second-order valence-electron chi connectivity index (χ2n) is 8.93. The number of para-hydroxylation sites is 2. The van der Waals surface area contributed by atoms with E-state index in [4.69, 9.17) is 16.3 Å². The van der Waals surface area contributed by atoms with Gasteiger partial charge in [-0.15, -0.1) is 10.2 Å². The van der Waals surface area contributed by atoms with Crippen molar-refractivity contribution in [3.63, 3.8) is 0 Å². The zero-order valence-electron chi connectivity index (χ0n) is 19.6. The molecule has 3 aromatic carbocycles. The summed E-state index contributed by atoms with van der Waals surface area (Å²) in [6.07, 6.45) is 2.02. The van der Waals surface area contributed by atoms with Gasteiger partial charge in [-0.25, -0.2) is 4.79 Å².